The van der Waals surface area contributed by atoms with Crippen LogP contribution in [0.5, 0.6) is 0 Å². The average molecular weight is 274 g/mol. The number of carboxylic acids is 1. The molecule has 1 aliphatic rings. The first-order chi connectivity index (χ1) is 9.58. The van der Waals surface area contributed by atoms with Gasteiger partial charge in [-0.3, -0.25) is 9.78 Å². The van der Waals surface area contributed by atoms with Crippen LogP contribution in [0, 0.1) is 11.8 Å². The SMILES string of the molecule is CC(CNC(=O)c1ccncc1/C=C/C(=O)O)C1CC1. The minimum atomic E-state index is -1.05. The summed E-state index contributed by atoms with van der Waals surface area (Å²) in [5, 5.41) is 11.5. The van der Waals surface area contributed by atoms with Gasteiger partial charge in [0.2, 0.25) is 0 Å². The van der Waals surface area contributed by atoms with Crippen molar-refractivity contribution in [2.75, 3.05) is 6.54 Å². The number of carboxylic acid groups (broad SMARTS) is 1. The lowest BCUT2D eigenvalue weighted by Crippen LogP contribution is -2.29. The number of aliphatic carboxylic acids is 1. The van der Waals surface area contributed by atoms with E-state index in [1.165, 1.54) is 31.3 Å². The summed E-state index contributed by atoms with van der Waals surface area (Å²) in [5.41, 5.74) is 0.951. The Balaban J connectivity index is 2.02. The molecule has 0 aliphatic heterocycles. The molecule has 1 aromatic rings. The van der Waals surface area contributed by atoms with E-state index in [9.17, 15) is 9.59 Å². The Kier molecular flexibility index (Phi) is 4.50. The maximum absolute atomic E-state index is 12.1. The molecule has 106 valence electrons. The highest BCUT2D eigenvalue weighted by molar-refractivity contribution is 5.98. The molecule has 0 saturated heterocycles. The summed E-state index contributed by atoms with van der Waals surface area (Å²) >= 11 is 0. The van der Waals surface area contributed by atoms with Crippen molar-refractivity contribution in [1.29, 1.82) is 0 Å². The molecule has 0 radical (unpaired) electrons. The number of rotatable bonds is 6. The summed E-state index contributed by atoms with van der Waals surface area (Å²) in [5.74, 6) is -0.0228. The molecule has 5 heteroatoms. The van der Waals surface area contributed by atoms with Gasteiger partial charge in [0.25, 0.3) is 5.91 Å². The third kappa shape index (κ3) is 3.91. The van der Waals surface area contributed by atoms with Crippen LogP contribution in [0.2, 0.25) is 0 Å². The fourth-order valence-electron chi connectivity index (χ4n) is 2.09. The van der Waals surface area contributed by atoms with Crippen LogP contribution in [0.25, 0.3) is 6.08 Å². The molecular formula is C15H18N2O3. The molecular weight excluding hydrogens is 256 g/mol. The van der Waals surface area contributed by atoms with Gasteiger partial charge < -0.3 is 10.4 Å². The topological polar surface area (TPSA) is 79.3 Å². The van der Waals surface area contributed by atoms with Crippen molar-refractivity contribution >= 4 is 18.0 Å². The van der Waals surface area contributed by atoms with E-state index in [2.05, 4.69) is 17.2 Å². The van der Waals surface area contributed by atoms with E-state index < -0.39 is 5.97 Å². The smallest absolute Gasteiger partial charge is 0.328 e. The molecule has 0 spiro atoms. The lowest BCUT2D eigenvalue weighted by Gasteiger charge is -2.12. The Morgan fingerprint density at radius 1 is 1.55 bits per heavy atom. The Bertz CT molecular complexity index is 536. The third-order valence-electron chi connectivity index (χ3n) is 3.51. The molecule has 1 aliphatic carbocycles. The number of nitrogens with zero attached hydrogens (tertiary/aromatic N) is 1. The van der Waals surface area contributed by atoms with Crippen molar-refractivity contribution in [1.82, 2.24) is 10.3 Å². The zero-order valence-corrected chi connectivity index (χ0v) is 11.4. The average Bonchev–Trinajstić information content (AvgIpc) is 3.27. The monoisotopic (exact) mass is 274 g/mol. The maximum atomic E-state index is 12.1. The van der Waals surface area contributed by atoms with Crippen LogP contribution in [0.4, 0.5) is 0 Å². The van der Waals surface area contributed by atoms with Gasteiger partial charge in [-0.2, -0.15) is 0 Å². The number of carbonyl (C=O) groups excluding carboxylic acids is 1. The molecule has 1 atom stereocenters. The van der Waals surface area contributed by atoms with Gasteiger partial charge in [0.05, 0.1) is 0 Å². The van der Waals surface area contributed by atoms with Crippen LogP contribution in [0.3, 0.4) is 0 Å². The number of aromatic nitrogens is 1. The van der Waals surface area contributed by atoms with Crippen molar-refractivity contribution in [2.24, 2.45) is 11.8 Å². The van der Waals surface area contributed by atoms with Crippen molar-refractivity contribution in [2.45, 2.75) is 19.8 Å². The first kappa shape index (κ1) is 14.2. The van der Waals surface area contributed by atoms with Crippen molar-refractivity contribution in [3.63, 3.8) is 0 Å². The molecule has 1 fully saturated rings. The molecule has 1 aromatic heterocycles. The van der Waals surface area contributed by atoms with Crippen LogP contribution in [-0.2, 0) is 4.79 Å². The predicted molar refractivity (Wildman–Crippen MR) is 75.1 cm³/mol. The van der Waals surface area contributed by atoms with E-state index in [0.717, 1.165) is 12.0 Å². The molecule has 1 unspecified atom stereocenters. The van der Waals surface area contributed by atoms with Crippen molar-refractivity contribution < 1.29 is 14.7 Å². The number of hydrogen-bond donors (Lipinski definition) is 2. The number of carbonyl (C=O) groups is 2. The highest BCUT2D eigenvalue weighted by atomic mass is 16.4. The lowest BCUT2D eigenvalue weighted by atomic mass is 10.1. The van der Waals surface area contributed by atoms with Crippen LogP contribution >= 0.6 is 0 Å². The van der Waals surface area contributed by atoms with E-state index in [4.69, 9.17) is 5.11 Å². The van der Waals surface area contributed by atoms with Crippen molar-refractivity contribution in [3.05, 3.63) is 35.7 Å². The molecule has 0 aromatic carbocycles. The zero-order chi connectivity index (χ0) is 14.5. The second-order valence-corrected chi connectivity index (χ2v) is 5.16. The molecule has 20 heavy (non-hydrogen) atoms. The van der Waals surface area contributed by atoms with Gasteiger partial charge in [-0.1, -0.05) is 6.92 Å². The van der Waals surface area contributed by atoms with Gasteiger partial charge in [-0.25, -0.2) is 4.79 Å². The fourth-order valence-corrected chi connectivity index (χ4v) is 2.09. The van der Waals surface area contributed by atoms with Gasteiger partial charge in [0.1, 0.15) is 0 Å². The largest absolute Gasteiger partial charge is 0.478 e. The van der Waals surface area contributed by atoms with E-state index >= 15 is 0 Å². The number of nitrogens with one attached hydrogen (secondary N) is 1. The summed E-state index contributed by atoms with van der Waals surface area (Å²) in [6.45, 7) is 2.78. The summed E-state index contributed by atoms with van der Waals surface area (Å²) < 4.78 is 0. The minimum Gasteiger partial charge on any atom is -0.478 e. The first-order valence-corrected chi connectivity index (χ1v) is 6.71. The Hall–Kier alpha value is -2.17. The second kappa shape index (κ2) is 6.32. The van der Waals surface area contributed by atoms with Gasteiger partial charge in [0, 0.05) is 36.1 Å². The van der Waals surface area contributed by atoms with Gasteiger partial charge in [0.15, 0.2) is 0 Å². The summed E-state index contributed by atoms with van der Waals surface area (Å²) in [6.07, 6.45) is 7.89. The minimum absolute atomic E-state index is 0.190. The second-order valence-electron chi connectivity index (χ2n) is 5.16. The van der Waals surface area contributed by atoms with Gasteiger partial charge >= 0.3 is 5.97 Å². The molecule has 1 saturated carbocycles. The highest BCUT2D eigenvalue weighted by Gasteiger charge is 2.28. The normalized spacial score (nSPS) is 16.1. The standard InChI is InChI=1S/C15H18N2O3/c1-10(11-2-3-11)8-17-15(20)13-6-7-16-9-12(13)4-5-14(18)19/h4-7,9-11H,2-3,8H2,1H3,(H,17,20)(H,18,19)/b5-4+. The van der Waals surface area contributed by atoms with Crippen LogP contribution in [0.15, 0.2) is 24.5 Å². The molecule has 5 nitrogen and oxygen atoms in total. The predicted octanol–water partition coefficient (Wildman–Crippen LogP) is 1.96. The van der Waals surface area contributed by atoms with Crippen LogP contribution < -0.4 is 5.32 Å². The van der Waals surface area contributed by atoms with Crippen LogP contribution in [-0.4, -0.2) is 28.5 Å². The first-order valence-electron chi connectivity index (χ1n) is 6.71. The van der Waals surface area contributed by atoms with Crippen molar-refractivity contribution in [3.8, 4) is 0 Å². The zero-order valence-electron chi connectivity index (χ0n) is 11.4. The molecule has 0 bridgehead atoms. The number of pyridine rings is 1. The third-order valence-corrected chi connectivity index (χ3v) is 3.51. The number of hydrogen-bond acceptors (Lipinski definition) is 3. The quantitative estimate of drug-likeness (QED) is 0.777. The van der Waals surface area contributed by atoms with E-state index in [-0.39, 0.29) is 5.91 Å². The Morgan fingerprint density at radius 3 is 2.95 bits per heavy atom. The number of amides is 1. The molecule has 1 heterocycles. The summed E-state index contributed by atoms with van der Waals surface area (Å²) in [4.78, 5) is 26.6. The molecule has 2 N–H and O–H groups in total. The van der Waals surface area contributed by atoms with Gasteiger partial charge in [-0.15, -0.1) is 0 Å². The van der Waals surface area contributed by atoms with E-state index in [0.29, 0.717) is 23.6 Å². The highest BCUT2D eigenvalue weighted by Crippen LogP contribution is 2.36. The lowest BCUT2D eigenvalue weighted by molar-refractivity contribution is -0.131. The van der Waals surface area contributed by atoms with E-state index in [1.54, 1.807) is 6.07 Å². The maximum Gasteiger partial charge on any atom is 0.328 e. The summed E-state index contributed by atoms with van der Waals surface area (Å²) in [7, 11) is 0. The molecule has 1 amide bonds. The Morgan fingerprint density at radius 2 is 2.30 bits per heavy atom. The Labute approximate surface area is 117 Å². The molecule has 2 rings (SSSR count). The van der Waals surface area contributed by atoms with E-state index in [1.807, 2.05) is 0 Å². The fraction of sp³-hybridized carbons (Fsp3) is 0.400. The van der Waals surface area contributed by atoms with Gasteiger partial charge in [-0.05, 0) is 36.8 Å². The van der Waals surface area contributed by atoms with Crippen LogP contribution in [0.1, 0.15) is 35.7 Å². The summed E-state index contributed by atoms with van der Waals surface area (Å²) in [6, 6.07) is 1.60.